The molecule has 4 rings (SSSR count). The maximum absolute atomic E-state index is 14.3. The fourth-order valence-electron chi connectivity index (χ4n) is 5.36. The van der Waals surface area contributed by atoms with Gasteiger partial charge < -0.3 is 10.4 Å². The van der Waals surface area contributed by atoms with Gasteiger partial charge in [0.15, 0.2) is 6.19 Å². The zero-order chi connectivity index (χ0) is 27.4. The highest BCUT2D eigenvalue weighted by Crippen LogP contribution is 2.38. The SMILES string of the molecule is CC(C)(C)c1ccc(N(C(=O)[C@H]2C[C@@H](O)CN2C#N)[C@@H](C(=O)NC2CCCCC2)c2cccnc2)c(Cl)c1. The third-order valence-electron chi connectivity index (χ3n) is 7.46. The van der Waals surface area contributed by atoms with Crippen LogP contribution in [0.25, 0.3) is 0 Å². The number of carbonyl (C=O) groups excluding carboxylic acids is 2. The largest absolute Gasteiger partial charge is 0.391 e. The Bertz CT molecular complexity index is 1190. The molecule has 1 aromatic heterocycles. The van der Waals surface area contributed by atoms with Gasteiger partial charge in [0, 0.05) is 30.4 Å². The van der Waals surface area contributed by atoms with E-state index in [4.69, 9.17) is 11.6 Å². The summed E-state index contributed by atoms with van der Waals surface area (Å²) in [5.74, 6) is -0.794. The molecule has 3 atom stereocenters. The molecule has 0 radical (unpaired) electrons. The highest BCUT2D eigenvalue weighted by atomic mass is 35.5. The van der Waals surface area contributed by atoms with Gasteiger partial charge in [-0.25, -0.2) is 0 Å². The van der Waals surface area contributed by atoms with Crippen LogP contribution in [0.4, 0.5) is 5.69 Å². The number of carbonyl (C=O) groups is 2. The number of β-amino-alcohol motifs (C(OH)–C–C–N with tert-alkyl or cyclic N) is 1. The predicted molar refractivity (Wildman–Crippen MR) is 146 cm³/mol. The van der Waals surface area contributed by atoms with Gasteiger partial charge in [0.2, 0.25) is 5.91 Å². The van der Waals surface area contributed by atoms with Crippen LogP contribution < -0.4 is 10.2 Å². The molecule has 2 fully saturated rings. The van der Waals surface area contributed by atoms with Crippen molar-refractivity contribution in [1.82, 2.24) is 15.2 Å². The number of nitriles is 1. The second-order valence-corrected chi connectivity index (χ2v) is 11.7. The molecule has 1 saturated carbocycles. The number of halogens is 1. The Hall–Kier alpha value is -3.15. The summed E-state index contributed by atoms with van der Waals surface area (Å²) in [7, 11) is 0. The first-order valence-electron chi connectivity index (χ1n) is 13.3. The molecular weight excluding hydrogens is 502 g/mol. The van der Waals surface area contributed by atoms with E-state index in [1.165, 1.54) is 9.80 Å². The number of likely N-dealkylation sites (tertiary alicyclic amines) is 1. The van der Waals surface area contributed by atoms with Gasteiger partial charge >= 0.3 is 0 Å². The van der Waals surface area contributed by atoms with E-state index in [-0.39, 0.29) is 30.3 Å². The minimum Gasteiger partial charge on any atom is -0.391 e. The fraction of sp³-hybridized carbons (Fsp3) is 0.517. The molecule has 0 unspecified atom stereocenters. The van der Waals surface area contributed by atoms with E-state index in [2.05, 4.69) is 31.1 Å². The van der Waals surface area contributed by atoms with E-state index < -0.39 is 24.1 Å². The van der Waals surface area contributed by atoms with Crippen LogP contribution in [0.3, 0.4) is 0 Å². The van der Waals surface area contributed by atoms with Gasteiger partial charge in [-0.3, -0.25) is 24.4 Å². The third-order valence-corrected chi connectivity index (χ3v) is 7.76. The maximum Gasteiger partial charge on any atom is 0.251 e. The first kappa shape index (κ1) is 27.9. The molecule has 1 aromatic carbocycles. The minimum absolute atomic E-state index is 0.0232. The fourth-order valence-corrected chi connectivity index (χ4v) is 5.63. The summed E-state index contributed by atoms with van der Waals surface area (Å²) < 4.78 is 0. The molecule has 1 saturated heterocycles. The van der Waals surface area contributed by atoms with E-state index in [9.17, 15) is 20.0 Å². The summed E-state index contributed by atoms with van der Waals surface area (Å²) in [5.41, 5.74) is 1.72. The Kier molecular flexibility index (Phi) is 8.59. The van der Waals surface area contributed by atoms with Crippen molar-refractivity contribution in [2.45, 2.75) is 88.9 Å². The van der Waals surface area contributed by atoms with Crippen molar-refractivity contribution >= 4 is 29.1 Å². The van der Waals surface area contributed by atoms with Gasteiger partial charge in [-0.2, -0.15) is 5.26 Å². The highest BCUT2D eigenvalue weighted by molar-refractivity contribution is 6.34. The molecule has 38 heavy (non-hydrogen) atoms. The van der Waals surface area contributed by atoms with Gasteiger partial charge in [-0.05, 0) is 42.0 Å². The number of aromatic nitrogens is 1. The van der Waals surface area contributed by atoms with Crippen LogP contribution in [-0.2, 0) is 15.0 Å². The van der Waals surface area contributed by atoms with Gasteiger partial charge in [-0.15, -0.1) is 0 Å². The van der Waals surface area contributed by atoms with Crippen molar-refractivity contribution in [2.75, 3.05) is 11.4 Å². The molecule has 1 aliphatic carbocycles. The van der Waals surface area contributed by atoms with Crippen molar-refractivity contribution in [1.29, 1.82) is 5.26 Å². The number of hydrogen-bond donors (Lipinski definition) is 2. The molecule has 9 heteroatoms. The lowest BCUT2D eigenvalue weighted by atomic mass is 9.87. The Morgan fingerprint density at radius 3 is 2.58 bits per heavy atom. The lowest BCUT2D eigenvalue weighted by molar-refractivity contribution is -0.128. The lowest BCUT2D eigenvalue weighted by Crippen LogP contribution is -2.51. The zero-order valence-electron chi connectivity index (χ0n) is 22.2. The molecule has 2 aromatic rings. The monoisotopic (exact) mass is 537 g/mol. The van der Waals surface area contributed by atoms with E-state index >= 15 is 0 Å². The Balaban J connectivity index is 1.83. The molecule has 0 bridgehead atoms. The van der Waals surface area contributed by atoms with Crippen LogP contribution in [0.1, 0.15) is 76.5 Å². The van der Waals surface area contributed by atoms with Gasteiger partial charge in [0.1, 0.15) is 12.1 Å². The number of rotatable bonds is 6. The zero-order valence-corrected chi connectivity index (χ0v) is 23.0. The first-order valence-corrected chi connectivity index (χ1v) is 13.7. The van der Waals surface area contributed by atoms with Crippen molar-refractivity contribution in [2.24, 2.45) is 0 Å². The molecule has 0 spiro atoms. The number of hydrogen-bond acceptors (Lipinski definition) is 6. The number of nitrogens with zero attached hydrogens (tertiary/aromatic N) is 4. The molecule has 8 nitrogen and oxygen atoms in total. The summed E-state index contributed by atoms with van der Waals surface area (Å²) in [6.07, 6.45) is 9.49. The standard InChI is InChI=1S/C29H36ClN5O3/c1-29(2,3)20-11-12-24(23(30)14-20)35(28(38)25-15-22(36)17-34(25)18-31)26(19-8-7-13-32-16-19)27(37)33-21-9-5-4-6-10-21/h7-8,11-14,16,21-22,25-26,36H,4-6,9-10,15,17H2,1-3H3,(H,33,37)/t22-,25-,26-/m1/s1. The topological polar surface area (TPSA) is 110 Å². The number of benzene rings is 1. The van der Waals surface area contributed by atoms with Gasteiger partial charge in [0.25, 0.3) is 5.91 Å². The quantitative estimate of drug-likeness (QED) is 0.526. The average Bonchev–Trinajstić information content (AvgIpc) is 3.28. The summed E-state index contributed by atoms with van der Waals surface area (Å²) in [5, 5.41) is 23.5. The van der Waals surface area contributed by atoms with Gasteiger partial charge in [0.05, 0.1) is 23.4 Å². The normalized spacial score (nSPS) is 21.0. The van der Waals surface area contributed by atoms with E-state index in [0.717, 1.165) is 37.7 Å². The Labute approximate surface area is 229 Å². The molecule has 202 valence electrons. The summed E-state index contributed by atoms with van der Waals surface area (Å²) in [6, 6.07) is 7.03. The van der Waals surface area contributed by atoms with Crippen LogP contribution >= 0.6 is 11.6 Å². The molecule has 1 aliphatic heterocycles. The highest BCUT2D eigenvalue weighted by Gasteiger charge is 2.43. The maximum atomic E-state index is 14.3. The average molecular weight is 538 g/mol. The van der Waals surface area contributed by atoms with Crippen molar-refractivity contribution < 1.29 is 14.7 Å². The summed E-state index contributed by atoms with van der Waals surface area (Å²) in [4.78, 5) is 35.2. The number of pyridine rings is 1. The molecule has 2 heterocycles. The second-order valence-electron chi connectivity index (χ2n) is 11.3. The van der Waals surface area contributed by atoms with Crippen LogP contribution in [0.5, 0.6) is 0 Å². The summed E-state index contributed by atoms with van der Waals surface area (Å²) in [6.45, 7) is 6.27. The van der Waals surface area contributed by atoms with Crippen molar-refractivity contribution in [3.8, 4) is 6.19 Å². The smallest absolute Gasteiger partial charge is 0.251 e. The molecular formula is C29H36ClN5O3. The minimum atomic E-state index is -1.06. The van der Waals surface area contributed by atoms with Crippen LogP contribution in [-0.4, -0.2) is 51.5 Å². The van der Waals surface area contributed by atoms with Crippen molar-refractivity contribution in [3.63, 3.8) is 0 Å². The number of amides is 2. The summed E-state index contributed by atoms with van der Waals surface area (Å²) >= 11 is 6.84. The van der Waals surface area contributed by atoms with Crippen molar-refractivity contribution in [3.05, 3.63) is 58.9 Å². The van der Waals surface area contributed by atoms with Gasteiger partial charge in [-0.1, -0.05) is 63.8 Å². The number of anilines is 1. The third kappa shape index (κ3) is 6.11. The van der Waals surface area contributed by atoms with Crippen LogP contribution in [0, 0.1) is 11.5 Å². The van der Waals surface area contributed by atoms with E-state index in [1.807, 2.05) is 18.3 Å². The Morgan fingerprint density at radius 2 is 1.97 bits per heavy atom. The molecule has 2 N–H and O–H groups in total. The van der Waals surface area contributed by atoms with Crippen LogP contribution in [0.2, 0.25) is 5.02 Å². The second kappa shape index (κ2) is 11.7. The van der Waals surface area contributed by atoms with E-state index in [1.54, 1.807) is 30.6 Å². The van der Waals surface area contributed by atoms with E-state index in [0.29, 0.717) is 16.3 Å². The lowest BCUT2D eigenvalue weighted by Gasteiger charge is -2.36. The number of aliphatic hydroxyl groups excluding tert-OH is 1. The number of aliphatic hydroxyl groups is 1. The number of nitrogens with one attached hydrogen (secondary N) is 1. The molecule has 2 amide bonds. The first-order chi connectivity index (χ1) is 18.1. The molecule has 2 aliphatic rings. The Morgan fingerprint density at radius 1 is 1.24 bits per heavy atom. The predicted octanol–water partition coefficient (Wildman–Crippen LogP) is 4.47. The van der Waals surface area contributed by atoms with Crippen LogP contribution in [0.15, 0.2) is 42.7 Å².